The molecule has 4 nitrogen and oxygen atoms in total. The van der Waals surface area contributed by atoms with Crippen LogP contribution in [0, 0.1) is 0 Å². The summed E-state index contributed by atoms with van der Waals surface area (Å²) in [4.78, 5) is 21.6. The topological polar surface area (TPSA) is 52.1 Å². The van der Waals surface area contributed by atoms with Crippen molar-refractivity contribution >= 4 is 5.97 Å². The molecule has 0 fully saturated rings. The molecule has 4 heteroatoms. The SMILES string of the molecule is CC(C)(C)OC(=O)c1cc(-c2ccccc2)nc(-c2ccccc2)n1. The molecule has 0 aliphatic carbocycles. The van der Waals surface area contributed by atoms with Crippen LogP contribution in [0.2, 0.25) is 0 Å². The lowest BCUT2D eigenvalue weighted by molar-refractivity contribution is 0.00628. The quantitative estimate of drug-likeness (QED) is 0.649. The molecule has 0 spiro atoms. The van der Waals surface area contributed by atoms with Crippen molar-refractivity contribution in [3.8, 4) is 22.6 Å². The molecule has 3 rings (SSSR count). The number of hydrogen-bond donors (Lipinski definition) is 0. The van der Waals surface area contributed by atoms with E-state index in [4.69, 9.17) is 4.74 Å². The average Bonchev–Trinajstić information content (AvgIpc) is 2.61. The molecule has 3 aromatic rings. The van der Waals surface area contributed by atoms with Gasteiger partial charge in [-0.3, -0.25) is 0 Å². The van der Waals surface area contributed by atoms with Crippen molar-refractivity contribution in [3.05, 3.63) is 72.4 Å². The second kappa shape index (κ2) is 6.85. The molecule has 0 radical (unpaired) electrons. The molecule has 0 N–H and O–H groups in total. The Labute approximate surface area is 147 Å². The lowest BCUT2D eigenvalue weighted by Crippen LogP contribution is -2.24. The maximum absolute atomic E-state index is 12.5. The number of carbonyl (C=O) groups is 1. The minimum Gasteiger partial charge on any atom is -0.455 e. The van der Waals surface area contributed by atoms with Gasteiger partial charge in [-0.25, -0.2) is 14.8 Å². The van der Waals surface area contributed by atoms with Crippen LogP contribution in [0.5, 0.6) is 0 Å². The summed E-state index contributed by atoms with van der Waals surface area (Å²) >= 11 is 0. The van der Waals surface area contributed by atoms with E-state index >= 15 is 0 Å². The first-order valence-electron chi connectivity index (χ1n) is 8.16. The minimum absolute atomic E-state index is 0.252. The highest BCUT2D eigenvalue weighted by atomic mass is 16.6. The third kappa shape index (κ3) is 4.29. The fraction of sp³-hybridized carbons (Fsp3) is 0.190. The summed E-state index contributed by atoms with van der Waals surface area (Å²) in [5.41, 5.74) is 2.14. The third-order valence-corrected chi connectivity index (χ3v) is 3.44. The Morgan fingerprint density at radius 2 is 1.40 bits per heavy atom. The number of benzene rings is 2. The molecule has 0 atom stereocenters. The summed E-state index contributed by atoms with van der Waals surface area (Å²) in [5, 5.41) is 0. The van der Waals surface area contributed by atoms with Gasteiger partial charge in [-0.2, -0.15) is 0 Å². The Bertz CT molecular complexity index is 812. The molecule has 0 aliphatic rings. The van der Waals surface area contributed by atoms with Crippen LogP contribution in [0.25, 0.3) is 22.6 Å². The van der Waals surface area contributed by atoms with E-state index in [1.807, 2.05) is 81.4 Å². The lowest BCUT2D eigenvalue weighted by Gasteiger charge is -2.19. The van der Waals surface area contributed by atoms with Gasteiger partial charge in [0.25, 0.3) is 0 Å². The van der Waals surface area contributed by atoms with Gasteiger partial charge < -0.3 is 4.74 Å². The summed E-state index contributed by atoms with van der Waals surface area (Å²) in [6, 6.07) is 21.0. The van der Waals surface area contributed by atoms with Gasteiger partial charge in [0.2, 0.25) is 0 Å². The van der Waals surface area contributed by atoms with E-state index in [9.17, 15) is 4.79 Å². The van der Waals surface area contributed by atoms with Crippen molar-refractivity contribution in [1.82, 2.24) is 9.97 Å². The fourth-order valence-corrected chi connectivity index (χ4v) is 2.36. The predicted octanol–water partition coefficient (Wildman–Crippen LogP) is 4.77. The van der Waals surface area contributed by atoms with Gasteiger partial charge in [0.1, 0.15) is 5.60 Å². The highest BCUT2D eigenvalue weighted by Crippen LogP contribution is 2.23. The van der Waals surface area contributed by atoms with Crippen molar-refractivity contribution in [2.24, 2.45) is 0 Å². The number of hydrogen-bond acceptors (Lipinski definition) is 4. The van der Waals surface area contributed by atoms with Crippen molar-refractivity contribution in [1.29, 1.82) is 0 Å². The maximum atomic E-state index is 12.5. The largest absolute Gasteiger partial charge is 0.455 e. The van der Waals surface area contributed by atoms with Crippen LogP contribution in [-0.4, -0.2) is 21.5 Å². The number of carbonyl (C=O) groups excluding carboxylic acids is 1. The molecular formula is C21H20N2O2. The minimum atomic E-state index is -0.581. The van der Waals surface area contributed by atoms with Crippen LogP contribution in [0.15, 0.2) is 66.7 Å². The van der Waals surface area contributed by atoms with Gasteiger partial charge >= 0.3 is 5.97 Å². The number of aromatic nitrogens is 2. The second-order valence-corrected chi connectivity index (χ2v) is 6.70. The Balaban J connectivity index is 2.10. The first kappa shape index (κ1) is 16.8. The number of esters is 1. The first-order valence-corrected chi connectivity index (χ1v) is 8.16. The van der Waals surface area contributed by atoms with E-state index < -0.39 is 11.6 Å². The Kier molecular flexibility index (Phi) is 4.61. The van der Waals surface area contributed by atoms with Crippen molar-refractivity contribution in [3.63, 3.8) is 0 Å². The van der Waals surface area contributed by atoms with Crippen LogP contribution in [-0.2, 0) is 4.74 Å². The summed E-state index contributed by atoms with van der Waals surface area (Å²) < 4.78 is 5.48. The van der Waals surface area contributed by atoms with Crippen molar-refractivity contribution in [2.75, 3.05) is 0 Å². The summed E-state index contributed by atoms with van der Waals surface area (Å²) in [6.07, 6.45) is 0. The predicted molar refractivity (Wildman–Crippen MR) is 98.1 cm³/mol. The monoisotopic (exact) mass is 332 g/mol. The van der Waals surface area contributed by atoms with Crippen LogP contribution in [0.3, 0.4) is 0 Å². The van der Waals surface area contributed by atoms with E-state index in [1.165, 1.54) is 0 Å². The molecule has 0 aliphatic heterocycles. The van der Waals surface area contributed by atoms with E-state index in [-0.39, 0.29) is 5.69 Å². The zero-order valence-corrected chi connectivity index (χ0v) is 14.6. The molecular weight excluding hydrogens is 312 g/mol. The molecule has 0 amide bonds. The molecule has 2 aromatic carbocycles. The van der Waals surface area contributed by atoms with E-state index in [0.717, 1.165) is 11.1 Å². The van der Waals surface area contributed by atoms with Crippen LogP contribution in [0.4, 0.5) is 0 Å². The Morgan fingerprint density at radius 3 is 1.96 bits per heavy atom. The van der Waals surface area contributed by atoms with E-state index in [2.05, 4.69) is 9.97 Å². The van der Waals surface area contributed by atoms with Gasteiger partial charge in [-0.15, -0.1) is 0 Å². The highest BCUT2D eigenvalue weighted by molar-refractivity contribution is 5.89. The van der Waals surface area contributed by atoms with Crippen LogP contribution < -0.4 is 0 Å². The fourth-order valence-electron chi connectivity index (χ4n) is 2.36. The smallest absolute Gasteiger partial charge is 0.357 e. The third-order valence-electron chi connectivity index (χ3n) is 3.44. The van der Waals surface area contributed by atoms with Crippen LogP contribution >= 0.6 is 0 Å². The Morgan fingerprint density at radius 1 is 0.840 bits per heavy atom. The summed E-state index contributed by atoms with van der Waals surface area (Å²) in [7, 11) is 0. The van der Waals surface area contributed by atoms with E-state index in [0.29, 0.717) is 11.5 Å². The number of nitrogens with zero attached hydrogens (tertiary/aromatic N) is 2. The average molecular weight is 332 g/mol. The van der Waals surface area contributed by atoms with Gasteiger partial charge in [-0.1, -0.05) is 60.7 Å². The molecule has 126 valence electrons. The van der Waals surface area contributed by atoms with Crippen molar-refractivity contribution in [2.45, 2.75) is 26.4 Å². The normalized spacial score (nSPS) is 11.2. The summed E-state index contributed by atoms with van der Waals surface area (Å²) in [5.74, 6) is 0.0482. The second-order valence-electron chi connectivity index (χ2n) is 6.70. The first-order chi connectivity index (χ1) is 11.9. The van der Waals surface area contributed by atoms with Gasteiger partial charge in [0, 0.05) is 11.1 Å². The number of ether oxygens (including phenoxy) is 1. The molecule has 25 heavy (non-hydrogen) atoms. The highest BCUT2D eigenvalue weighted by Gasteiger charge is 2.21. The molecule has 0 unspecified atom stereocenters. The molecule has 0 saturated heterocycles. The van der Waals surface area contributed by atoms with Gasteiger partial charge in [0.15, 0.2) is 11.5 Å². The van der Waals surface area contributed by atoms with Crippen LogP contribution in [0.1, 0.15) is 31.3 Å². The summed E-state index contributed by atoms with van der Waals surface area (Å²) in [6.45, 7) is 5.51. The lowest BCUT2D eigenvalue weighted by atomic mass is 10.1. The molecule has 1 heterocycles. The zero-order chi connectivity index (χ0) is 17.9. The standard InChI is InChI=1S/C21H20N2O2/c1-21(2,3)25-20(24)18-14-17(15-10-6-4-7-11-15)22-19(23-18)16-12-8-5-9-13-16/h4-14H,1-3H3. The maximum Gasteiger partial charge on any atom is 0.357 e. The number of rotatable bonds is 3. The van der Waals surface area contributed by atoms with Gasteiger partial charge in [-0.05, 0) is 26.8 Å². The molecule has 1 aromatic heterocycles. The van der Waals surface area contributed by atoms with Gasteiger partial charge in [0.05, 0.1) is 5.69 Å². The van der Waals surface area contributed by atoms with E-state index in [1.54, 1.807) is 6.07 Å². The zero-order valence-electron chi connectivity index (χ0n) is 14.6. The molecule has 0 bridgehead atoms. The van der Waals surface area contributed by atoms with Crippen molar-refractivity contribution < 1.29 is 9.53 Å². The molecule has 0 saturated carbocycles. The Hall–Kier alpha value is -3.01.